The molecule has 1 aliphatic rings. The third-order valence-electron chi connectivity index (χ3n) is 5.52. The van der Waals surface area contributed by atoms with Crippen molar-refractivity contribution in [1.29, 1.82) is 0 Å². The molecule has 5 rings (SSSR count). The predicted molar refractivity (Wildman–Crippen MR) is 126 cm³/mol. The van der Waals surface area contributed by atoms with Crippen molar-refractivity contribution in [1.82, 2.24) is 34.6 Å². The molecule has 4 aromatic heterocycles. The van der Waals surface area contributed by atoms with Gasteiger partial charge in [0, 0.05) is 50.0 Å². The number of nitrogens with one attached hydrogen (secondary N) is 2. The lowest BCUT2D eigenvalue weighted by Crippen LogP contribution is -2.28. The van der Waals surface area contributed by atoms with E-state index in [0.29, 0.717) is 23.8 Å². The Hall–Kier alpha value is -4.08. The van der Waals surface area contributed by atoms with E-state index in [1.807, 2.05) is 42.8 Å². The summed E-state index contributed by atoms with van der Waals surface area (Å²) in [4.78, 5) is 37.0. The molecule has 2 N–H and O–H groups in total. The van der Waals surface area contributed by atoms with Crippen LogP contribution in [0.2, 0.25) is 0 Å². The molecule has 0 aliphatic carbocycles. The second-order valence-corrected chi connectivity index (χ2v) is 8.02. The Balaban J connectivity index is 1.57. The Morgan fingerprint density at radius 2 is 1.73 bits per heavy atom. The van der Waals surface area contributed by atoms with Crippen molar-refractivity contribution in [2.45, 2.75) is 26.7 Å². The van der Waals surface area contributed by atoms with Crippen molar-refractivity contribution in [3.8, 4) is 22.6 Å². The van der Waals surface area contributed by atoms with Gasteiger partial charge in [0.05, 0.1) is 11.9 Å². The zero-order valence-corrected chi connectivity index (χ0v) is 18.6. The SMILES string of the molecule is CCNC(=O)Nc1cn2c(-c3ncc(C)cn3)cc(-c3cnc(N4CCCC4)nc3)cc2n1. The van der Waals surface area contributed by atoms with Crippen LogP contribution >= 0.6 is 0 Å². The van der Waals surface area contributed by atoms with Gasteiger partial charge < -0.3 is 10.2 Å². The van der Waals surface area contributed by atoms with E-state index in [9.17, 15) is 4.79 Å². The third-order valence-corrected chi connectivity index (χ3v) is 5.52. The van der Waals surface area contributed by atoms with Gasteiger partial charge in [0.25, 0.3) is 0 Å². The Morgan fingerprint density at radius 1 is 1.00 bits per heavy atom. The van der Waals surface area contributed by atoms with E-state index in [1.165, 1.54) is 12.8 Å². The molecule has 4 aromatic rings. The van der Waals surface area contributed by atoms with Crippen LogP contribution in [0.4, 0.5) is 16.6 Å². The first kappa shape index (κ1) is 20.8. The number of imidazole rings is 1. The number of anilines is 2. The fraction of sp³-hybridized carbons (Fsp3) is 0.304. The molecular weight excluding hydrogens is 418 g/mol. The van der Waals surface area contributed by atoms with Crippen LogP contribution in [-0.4, -0.2) is 55.0 Å². The van der Waals surface area contributed by atoms with Gasteiger partial charge in [-0.3, -0.25) is 9.72 Å². The second kappa shape index (κ2) is 8.81. The molecule has 0 radical (unpaired) electrons. The zero-order valence-electron chi connectivity index (χ0n) is 18.6. The van der Waals surface area contributed by atoms with Crippen molar-refractivity contribution in [3.63, 3.8) is 0 Å². The molecule has 0 aromatic carbocycles. The molecule has 1 saturated heterocycles. The van der Waals surface area contributed by atoms with Crippen molar-refractivity contribution in [2.24, 2.45) is 0 Å². The number of amides is 2. The summed E-state index contributed by atoms with van der Waals surface area (Å²) in [5, 5.41) is 5.48. The monoisotopic (exact) mass is 443 g/mol. The molecule has 1 aliphatic heterocycles. The average molecular weight is 444 g/mol. The molecule has 168 valence electrons. The van der Waals surface area contributed by atoms with Crippen LogP contribution in [0.25, 0.3) is 28.3 Å². The summed E-state index contributed by atoms with van der Waals surface area (Å²) in [5.41, 5.74) is 4.14. The molecule has 0 unspecified atom stereocenters. The number of rotatable bonds is 5. The summed E-state index contributed by atoms with van der Waals surface area (Å²) in [6.07, 6.45) is 11.3. The van der Waals surface area contributed by atoms with E-state index in [2.05, 4.69) is 40.5 Å². The fourth-order valence-electron chi connectivity index (χ4n) is 3.88. The Morgan fingerprint density at radius 3 is 2.42 bits per heavy atom. The highest BCUT2D eigenvalue weighted by Gasteiger charge is 2.17. The van der Waals surface area contributed by atoms with Crippen molar-refractivity contribution in [2.75, 3.05) is 29.9 Å². The number of hydrogen-bond donors (Lipinski definition) is 2. The van der Waals surface area contributed by atoms with Gasteiger partial charge in [-0.2, -0.15) is 0 Å². The van der Waals surface area contributed by atoms with Gasteiger partial charge in [-0.25, -0.2) is 29.7 Å². The summed E-state index contributed by atoms with van der Waals surface area (Å²) < 4.78 is 1.87. The first-order chi connectivity index (χ1) is 16.1. The van der Waals surface area contributed by atoms with Crippen molar-refractivity contribution in [3.05, 3.63) is 48.7 Å². The lowest BCUT2D eigenvalue weighted by Gasteiger charge is -2.15. The highest BCUT2D eigenvalue weighted by Crippen LogP contribution is 2.28. The lowest BCUT2D eigenvalue weighted by molar-refractivity contribution is 0.252. The smallest absolute Gasteiger partial charge is 0.320 e. The van der Waals surface area contributed by atoms with Gasteiger partial charge in [0.2, 0.25) is 5.95 Å². The molecule has 0 atom stereocenters. The van der Waals surface area contributed by atoms with Crippen LogP contribution in [0.5, 0.6) is 0 Å². The van der Waals surface area contributed by atoms with Gasteiger partial charge in [0.1, 0.15) is 5.65 Å². The van der Waals surface area contributed by atoms with Gasteiger partial charge in [-0.1, -0.05) is 0 Å². The van der Waals surface area contributed by atoms with E-state index in [-0.39, 0.29) is 6.03 Å². The number of aryl methyl sites for hydroxylation is 1. The number of aromatic nitrogens is 6. The number of fused-ring (bicyclic) bond motifs is 1. The second-order valence-electron chi connectivity index (χ2n) is 8.02. The largest absolute Gasteiger partial charge is 0.341 e. The molecule has 10 heteroatoms. The lowest BCUT2D eigenvalue weighted by atomic mass is 10.1. The normalized spacial score (nSPS) is 13.5. The van der Waals surface area contributed by atoms with E-state index in [4.69, 9.17) is 0 Å². The highest BCUT2D eigenvalue weighted by molar-refractivity contribution is 5.88. The van der Waals surface area contributed by atoms with Gasteiger partial charge in [-0.15, -0.1) is 0 Å². The maximum atomic E-state index is 12.0. The quantitative estimate of drug-likeness (QED) is 0.486. The summed E-state index contributed by atoms with van der Waals surface area (Å²) in [6.45, 7) is 6.32. The summed E-state index contributed by atoms with van der Waals surface area (Å²) in [5.74, 6) is 1.75. The summed E-state index contributed by atoms with van der Waals surface area (Å²) in [7, 11) is 0. The number of carbonyl (C=O) groups excluding carboxylic acids is 1. The van der Waals surface area contributed by atoms with Crippen LogP contribution in [0, 0.1) is 6.92 Å². The first-order valence-corrected chi connectivity index (χ1v) is 11.0. The Bertz CT molecular complexity index is 1280. The highest BCUT2D eigenvalue weighted by atomic mass is 16.2. The molecule has 33 heavy (non-hydrogen) atoms. The molecule has 0 saturated carbocycles. The van der Waals surface area contributed by atoms with Gasteiger partial charge >= 0.3 is 6.03 Å². The van der Waals surface area contributed by atoms with Crippen molar-refractivity contribution < 1.29 is 4.79 Å². The zero-order chi connectivity index (χ0) is 22.8. The summed E-state index contributed by atoms with van der Waals surface area (Å²) in [6, 6.07) is 3.62. The minimum absolute atomic E-state index is 0.305. The third kappa shape index (κ3) is 4.32. The van der Waals surface area contributed by atoms with E-state index in [1.54, 1.807) is 18.6 Å². The average Bonchev–Trinajstić information content (AvgIpc) is 3.49. The molecule has 0 spiro atoms. The minimum Gasteiger partial charge on any atom is -0.341 e. The minimum atomic E-state index is -0.305. The number of pyridine rings is 1. The van der Waals surface area contributed by atoms with Crippen LogP contribution < -0.4 is 15.5 Å². The van der Waals surface area contributed by atoms with Crippen LogP contribution in [0.3, 0.4) is 0 Å². The van der Waals surface area contributed by atoms with Crippen molar-refractivity contribution >= 4 is 23.4 Å². The van der Waals surface area contributed by atoms with Gasteiger partial charge in [0.15, 0.2) is 11.6 Å². The molecule has 1 fully saturated rings. The van der Waals surface area contributed by atoms with Crippen LogP contribution in [0.1, 0.15) is 25.3 Å². The first-order valence-electron chi connectivity index (χ1n) is 11.0. The van der Waals surface area contributed by atoms with Crippen LogP contribution in [-0.2, 0) is 0 Å². The molecule has 0 bridgehead atoms. The van der Waals surface area contributed by atoms with Crippen LogP contribution in [0.15, 0.2) is 43.1 Å². The maximum absolute atomic E-state index is 12.0. The standard InChI is InChI=1S/C23H25N9O/c1-3-24-23(33)30-19-14-32-18(21-25-10-15(2)11-26-21)8-16(9-20(32)29-19)17-12-27-22(28-13-17)31-6-4-5-7-31/h8-14H,3-7H2,1-2H3,(H2,24,30,33). The molecule has 10 nitrogen and oxygen atoms in total. The number of carbonyl (C=O) groups is 1. The Kier molecular flexibility index (Phi) is 5.55. The maximum Gasteiger partial charge on any atom is 0.320 e. The van der Waals surface area contributed by atoms with Gasteiger partial charge in [-0.05, 0) is 49.9 Å². The fourth-order valence-corrected chi connectivity index (χ4v) is 3.88. The number of nitrogens with zero attached hydrogens (tertiary/aromatic N) is 7. The number of urea groups is 1. The van der Waals surface area contributed by atoms with E-state index in [0.717, 1.165) is 41.4 Å². The molecule has 2 amide bonds. The molecule has 5 heterocycles. The predicted octanol–water partition coefficient (Wildman–Crippen LogP) is 3.30. The Labute approximate surface area is 191 Å². The van der Waals surface area contributed by atoms with E-state index < -0.39 is 0 Å². The summed E-state index contributed by atoms with van der Waals surface area (Å²) >= 11 is 0. The van der Waals surface area contributed by atoms with E-state index >= 15 is 0 Å². The number of hydrogen-bond acceptors (Lipinski definition) is 7. The topological polar surface area (TPSA) is 113 Å². The molecular formula is C23H25N9O.